The van der Waals surface area contributed by atoms with Crippen molar-refractivity contribution >= 4 is 11.6 Å². The van der Waals surface area contributed by atoms with Crippen LogP contribution in [0, 0.1) is 6.92 Å². The third-order valence-electron chi connectivity index (χ3n) is 2.64. The van der Waals surface area contributed by atoms with Crippen LogP contribution in [-0.2, 0) is 5.60 Å². The van der Waals surface area contributed by atoms with E-state index in [1.807, 2.05) is 6.92 Å². The number of hydrogen-bond acceptors (Lipinski definition) is 3. The Balaban J connectivity index is 2.63. The number of halogens is 1. The van der Waals surface area contributed by atoms with Gasteiger partial charge in [-0.3, -0.25) is 0 Å². The Morgan fingerprint density at radius 1 is 1.31 bits per heavy atom. The van der Waals surface area contributed by atoms with Crippen LogP contribution in [0.5, 0.6) is 11.5 Å². The van der Waals surface area contributed by atoms with Crippen molar-refractivity contribution in [2.75, 3.05) is 13.2 Å². The third-order valence-corrected chi connectivity index (χ3v) is 2.93. The van der Waals surface area contributed by atoms with Crippen LogP contribution in [0.25, 0.3) is 0 Å². The Morgan fingerprint density at radius 3 is 2.56 bits per heavy atom. The summed E-state index contributed by atoms with van der Waals surface area (Å²) in [4.78, 5) is 0. The fourth-order valence-electron chi connectivity index (χ4n) is 2.06. The zero-order valence-electron chi connectivity index (χ0n) is 9.63. The van der Waals surface area contributed by atoms with Gasteiger partial charge in [-0.05, 0) is 20.8 Å². The maximum atomic E-state index is 10.1. The van der Waals surface area contributed by atoms with Gasteiger partial charge in [0.1, 0.15) is 13.2 Å². The molecule has 0 spiro atoms. The molecule has 4 heteroatoms. The van der Waals surface area contributed by atoms with Gasteiger partial charge in [-0.2, -0.15) is 0 Å². The van der Waals surface area contributed by atoms with Gasteiger partial charge in [0.25, 0.3) is 0 Å². The molecule has 3 nitrogen and oxygen atoms in total. The van der Waals surface area contributed by atoms with E-state index in [0.717, 1.165) is 5.56 Å². The second-order valence-electron chi connectivity index (χ2n) is 4.44. The molecular formula is C12H15ClO3. The second-order valence-corrected chi connectivity index (χ2v) is 4.85. The topological polar surface area (TPSA) is 38.7 Å². The first-order valence-corrected chi connectivity index (χ1v) is 5.60. The number of rotatable bonds is 1. The highest BCUT2D eigenvalue weighted by atomic mass is 35.5. The summed E-state index contributed by atoms with van der Waals surface area (Å²) in [6, 6.07) is 1.70. The van der Waals surface area contributed by atoms with E-state index in [0.29, 0.717) is 35.3 Å². The zero-order valence-corrected chi connectivity index (χ0v) is 10.4. The predicted octanol–water partition coefficient (Wildman–Crippen LogP) is 2.65. The van der Waals surface area contributed by atoms with Crippen LogP contribution in [0.4, 0.5) is 0 Å². The second kappa shape index (κ2) is 3.82. The van der Waals surface area contributed by atoms with Crippen molar-refractivity contribution in [3.63, 3.8) is 0 Å². The molecule has 0 fully saturated rings. The lowest BCUT2D eigenvalue weighted by Crippen LogP contribution is -2.21. The van der Waals surface area contributed by atoms with Crippen LogP contribution in [0.3, 0.4) is 0 Å². The van der Waals surface area contributed by atoms with E-state index in [9.17, 15) is 5.11 Å². The van der Waals surface area contributed by atoms with Crippen molar-refractivity contribution < 1.29 is 14.6 Å². The van der Waals surface area contributed by atoms with Crippen LogP contribution in [0.2, 0.25) is 5.02 Å². The lowest BCUT2D eigenvalue weighted by Gasteiger charge is -2.27. The van der Waals surface area contributed by atoms with Gasteiger partial charge in [0.05, 0.1) is 10.6 Å². The molecule has 1 N–H and O–H groups in total. The molecule has 88 valence electrons. The average Bonchev–Trinajstić information content (AvgIpc) is 2.15. The summed E-state index contributed by atoms with van der Waals surface area (Å²) >= 11 is 6.16. The van der Waals surface area contributed by atoms with Crippen molar-refractivity contribution in [3.05, 3.63) is 22.2 Å². The van der Waals surface area contributed by atoms with Crippen LogP contribution < -0.4 is 9.47 Å². The number of aliphatic hydroxyl groups is 1. The number of benzene rings is 1. The molecule has 2 rings (SSSR count). The minimum absolute atomic E-state index is 0.509. The summed E-state index contributed by atoms with van der Waals surface area (Å²) in [6.45, 7) is 6.35. The molecule has 1 aliphatic heterocycles. The minimum Gasteiger partial charge on any atom is -0.486 e. The Labute approximate surface area is 99.9 Å². The van der Waals surface area contributed by atoms with E-state index >= 15 is 0 Å². The molecule has 0 aromatic heterocycles. The summed E-state index contributed by atoms with van der Waals surface area (Å²) < 4.78 is 11.0. The van der Waals surface area contributed by atoms with E-state index in [-0.39, 0.29) is 0 Å². The van der Waals surface area contributed by atoms with Gasteiger partial charge < -0.3 is 14.6 Å². The largest absolute Gasteiger partial charge is 0.486 e. The molecule has 0 saturated heterocycles. The SMILES string of the molecule is Cc1c2c(cc(Cl)c1C(C)(C)O)OCCO2. The van der Waals surface area contributed by atoms with Crippen LogP contribution in [-0.4, -0.2) is 18.3 Å². The Bertz CT molecular complexity index is 421. The average molecular weight is 243 g/mol. The van der Waals surface area contributed by atoms with Crippen molar-refractivity contribution in [2.24, 2.45) is 0 Å². The van der Waals surface area contributed by atoms with Gasteiger partial charge in [-0.25, -0.2) is 0 Å². The molecule has 1 aromatic carbocycles. The van der Waals surface area contributed by atoms with E-state index in [4.69, 9.17) is 21.1 Å². The molecule has 0 aliphatic carbocycles. The Morgan fingerprint density at radius 2 is 1.94 bits per heavy atom. The molecule has 0 unspecified atom stereocenters. The molecule has 0 radical (unpaired) electrons. The highest BCUT2D eigenvalue weighted by molar-refractivity contribution is 6.31. The maximum absolute atomic E-state index is 10.1. The monoisotopic (exact) mass is 242 g/mol. The van der Waals surface area contributed by atoms with Crippen molar-refractivity contribution in [3.8, 4) is 11.5 Å². The van der Waals surface area contributed by atoms with Crippen LogP contribution in [0.1, 0.15) is 25.0 Å². The molecule has 0 bridgehead atoms. The summed E-state index contributed by atoms with van der Waals surface area (Å²) in [7, 11) is 0. The molecule has 0 saturated carbocycles. The molecule has 1 heterocycles. The van der Waals surface area contributed by atoms with Crippen molar-refractivity contribution in [1.29, 1.82) is 0 Å². The highest BCUT2D eigenvalue weighted by Crippen LogP contribution is 2.43. The van der Waals surface area contributed by atoms with Crippen LogP contribution in [0.15, 0.2) is 6.07 Å². The van der Waals surface area contributed by atoms with E-state index < -0.39 is 5.60 Å². The molecule has 16 heavy (non-hydrogen) atoms. The fourth-order valence-corrected chi connectivity index (χ4v) is 2.54. The van der Waals surface area contributed by atoms with E-state index in [1.165, 1.54) is 0 Å². The Kier molecular flexibility index (Phi) is 2.76. The van der Waals surface area contributed by atoms with Gasteiger partial charge >= 0.3 is 0 Å². The summed E-state index contributed by atoms with van der Waals surface area (Å²) in [5, 5.41) is 10.6. The first-order valence-electron chi connectivity index (χ1n) is 5.23. The van der Waals surface area contributed by atoms with Gasteiger partial charge in [-0.15, -0.1) is 0 Å². The van der Waals surface area contributed by atoms with Crippen LogP contribution >= 0.6 is 11.6 Å². The quantitative estimate of drug-likeness (QED) is 0.823. The number of ether oxygens (including phenoxy) is 2. The lowest BCUT2D eigenvalue weighted by molar-refractivity contribution is 0.0769. The lowest BCUT2D eigenvalue weighted by atomic mass is 9.92. The molecular weight excluding hydrogens is 228 g/mol. The summed E-state index contributed by atoms with van der Waals surface area (Å²) in [5.74, 6) is 1.34. The summed E-state index contributed by atoms with van der Waals surface area (Å²) in [6.07, 6.45) is 0. The molecule has 0 atom stereocenters. The number of fused-ring (bicyclic) bond motifs is 1. The van der Waals surface area contributed by atoms with Crippen molar-refractivity contribution in [2.45, 2.75) is 26.4 Å². The molecule has 1 aliphatic rings. The fraction of sp³-hybridized carbons (Fsp3) is 0.500. The third kappa shape index (κ3) is 1.85. The van der Waals surface area contributed by atoms with Gasteiger partial charge in [0.15, 0.2) is 11.5 Å². The first kappa shape index (κ1) is 11.6. The molecule has 1 aromatic rings. The first-order chi connectivity index (χ1) is 7.41. The Hall–Kier alpha value is -0.930. The molecule has 0 amide bonds. The maximum Gasteiger partial charge on any atom is 0.164 e. The standard InChI is InChI=1S/C12H15ClO3/c1-7-10(12(2,3)14)8(13)6-9-11(7)16-5-4-15-9/h6,14H,4-5H2,1-3H3. The zero-order chi connectivity index (χ0) is 11.9. The minimum atomic E-state index is -0.989. The highest BCUT2D eigenvalue weighted by Gasteiger charge is 2.27. The normalized spacial score (nSPS) is 15.1. The summed E-state index contributed by atoms with van der Waals surface area (Å²) in [5.41, 5.74) is 0.546. The van der Waals surface area contributed by atoms with Gasteiger partial charge in [0.2, 0.25) is 0 Å². The van der Waals surface area contributed by atoms with E-state index in [2.05, 4.69) is 0 Å². The van der Waals surface area contributed by atoms with E-state index in [1.54, 1.807) is 19.9 Å². The smallest absolute Gasteiger partial charge is 0.164 e. The van der Waals surface area contributed by atoms with Gasteiger partial charge in [-0.1, -0.05) is 11.6 Å². The van der Waals surface area contributed by atoms with Crippen molar-refractivity contribution in [1.82, 2.24) is 0 Å². The predicted molar refractivity (Wildman–Crippen MR) is 62.4 cm³/mol. The van der Waals surface area contributed by atoms with Gasteiger partial charge in [0, 0.05) is 17.2 Å². The number of hydrogen-bond donors (Lipinski definition) is 1.